The van der Waals surface area contributed by atoms with E-state index in [1.807, 2.05) is 35.2 Å². The minimum atomic E-state index is -0.0798. The maximum absolute atomic E-state index is 12.7. The normalized spacial score (nSPS) is 15.7. The summed E-state index contributed by atoms with van der Waals surface area (Å²) < 4.78 is 0. The highest BCUT2D eigenvalue weighted by atomic mass is 32.2. The lowest BCUT2D eigenvalue weighted by molar-refractivity contribution is -0.117. The monoisotopic (exact) mass is 480 g/mol. The Morgan fingerprint density at radius 3 is 2.35 bits per heavy atom. The zero-order chi connectivity index (χ0) is 24.3. The van der Waals surface area contributed by atoms with Crippen LogP contribution in [0.4, 0.5) is 11.4 Å². The number of thioether (sulfide) groups is 1. The number of benzene rings is 2. The number of aryl methyl sites for hydroxylation is 2. The number of carbonyl (C=O) groups is 2. The number of amides is 2. The molecule has 1 fully saturated rings. The molecule has 0 spiro atoms. The van der Waals surface area contributed by atoms with Gasteiger partial charge in [0.15, 0.2) is 0 Å². The molecule has 0 saturated carbocycles. The zero-order valence-corrected chi connectivity index (χ0v) is 21.9. The number of anilines is 2. The largest absolute Gasteiger partial charge is 0.326 e. The third-order valence-corrected chi connectivity index (χ3v) is 7.81. The third kappa shape index (κ3) is 7.63. The van der Waals surface area contributed by atoms with E-state index in [4.69, 9.17) is 0 Å². The first kappa shape index (κ1) is 26.3. The van der Waals surface area contributed by atoms with Crippen LogP contribution < -0.4 is 10.2 Å². The molecule has 0 aromatic heterocycles. The fraction of sp³-hybridized carbons (Fsp3) is 0.517. The van der Waals surface area contributed by atoms with Gasteiger partial charge in [0.2, 0.25) is 11.8 Å². The molecule has 1 saturated heterocycles. The molecule has 1 aliphatic heterocycles. The summed E-state index contributed by atoms with van der Waals surface area (Å²) in [5.74, 6) is 0.659. The minimum Gasteiger partial charge on any atom is -0.326 e. The molecule has 1 aliphatic rings. The highest BCUT2D eigenvalue weighted by Gasteiger charge is 2.34. The molecular weight excluding hydrogens is 440 g/mol. The van der Waals surface area contributed by atoms with Crippen molar-refractivity contribution in [2.75, 3.05) is 16.0 Å². The number of nitrogens with zero attached hydrogens (tertiary/aromatic N) is 1. The zero-order valence-electron chi connectivity index (χ0n) is 21.1. The molecule has 4 nitrogen and oxygen atoms in total. The van der Waals surface area contributed by atoms with Gasteiger partial charge in [0.1, 0.15) is 5.37 Å². The number of carbonyl (C=O) groups excluding carboxylic acids is 2. The topological polar surface area (TPSA) is 49.4 Å². The van der Waals surface area contributed by atoms with Gasteiger partial charge in [-0.3, -0.25) is 14.5 Å². The van der Waals surface area contributed by atoms with E-state index < -0.39 is 0 Å². The summed E-state index contributed by atoms with van der Waals surface area (Å²) in [6, 6.07) is 14.1. The fourth-order valence-electron chi connectivity index (χ4n) is 4.41. The molecular formula is C29H40N2O2S. The number of nitrogens with one attached hydrogen (secondary N) is 1. The number of hydrogen-bond acceptors (Lipinski definition) is 3. The first-order valence-corrected chi connectivity index (χ1v) is 13.9. The first-order valence-electron chi connectivity index (χ1n) is 12.9. The van der Waals surface area contributed by atoms with Crippen molar-refractivity contribution in [2.45, 2.75) is 90.4 Å². The van der Waals surface area contributed by atoms with Crippen LogP contribution in [0.2, 0.25) is 0 Å². The van der Waals surface area contributed by atoms with Gasteiger partial charge >= 0.3 is 0 Å². The standard InChI is InChI=1S/C29H40N2O2S/c1-4-5-6-7-8-9-10-11-12-16-27(32)30-25-15-13-14-24(20-25)29-31(28(33)21-34-29)26-18-17-22(2)23(3)19-26/h13-15,17-20,29H,4-12,16,21H2,1-3H3,(H,30,32)/t29-/m1/s1. The molecule has 2 aromatic rings. The van der Waals surface area contributed by atoms with E-state index >= 15 is 0 Å². The van der Waals surface area contributed by atoms with Crippen LogP contribution in [0.15, 0.2) is 42.5 Å². The highest BCUT2D eigenvalue weighted by molar-refractivity contribution is 8.00. The summed E-state index contributed by atoms with van der Waals surface area (Å²) in [4.78, 5) is 27.1. The van der Waals surface area contributed by atoms with Crippen molar-refractivity contribution >= 4 is 35.0 Å². The van der Waals surface area contributed by atoms with Crippen molar-refractivity contribution in [1.82, 2.24) is 0 Å². The predicted octanol–water partition coefficient (Wildman–Crippen LogP) is 7.94. The average Bonchev–Trinajstić information content (AvgIpc) is 3.21. The van der Waals surface area contributed by atoms with Crippen molar-refractivity contribution in [1.29, 1.82) is 0 Å². The van der Waals surface area contributed by atoms with Crippen LogP contribution in [0.25, 0.3) is 0 Å². The number of rotatable bonds is 13. The molecule has 1 N–H and O–H groups in total. The smallest absolute Gasteiger partial charge is 0.238 e. The molecule has 0 bridgehead atoms. The quantitative estimate of drug-likeness (QED) is 0.296. The first-order chi connectivity index (χ1) is 16.5. The molecule has 5 heteroatoms. The fourth-order valence-corrected chi connectivity index (χ4v) is 5.58. The van der Waals surface area contributed by atoms with Crippen molar-refractivity contribution in [3.63, 3.8) is 0 Å². The van der Waals surface area contributed by atoms with E-state index in [2.05, 4.69) is 38.2 Å². The van der Waals surface area contributed by atoms with Gasteiger partial charge in [-0.1, -0.05) is 76.5 Å². The second kappa shape index (κ2) is 13.6. The van der Waals surface area contributed by atoms with Gasteiger partial charge in [0.25, 0.3) is 0 Å². The van der Waals surface area contributed by atoms with E-state index in [0.717, 1.165) is 29.8 Å². The second-order valence-corrected chi connectivity index (χ2v) is 10.5. The van der Waals surface area contributed by atoms with Gasteiger partial charge in [-0.2, -0.15) is 0 Å². The van der Waals surface area contributed by atoms with E-state index in [-0.39, 0.29) is 17.2 Å². The Balaban J connectivity index is 1.50. The Morgan fingerprint density at radius 1 is 0.941 bits per heavy atom. The Morgan fingerprint density at radius 2 is 1.65 bits per heavy atom. The average molecular weight is 481 g/mol. The van der Waals surface area contributed by atoms with Gasteiger partial charge in [0.05, 0.1) is 5.75 Å². The predicted molar refractivity (Wildman–Crippen MR) is 146 cm³/mol. The van der Waals surface area contributed by atoms with Gasteiger partial charge < -0.3 is 5.32 Å². The number of hydrogen-bond donors (Lipinski definition) is 1. The summed E-state index contributed by atoms with van der Waals surface area (Å²) >= 11 is 1.64. The molecule has 184 valence electrons. The molecule has 0 unspecified atom stereocenters. The summed E-state index contributed by atoms with van der Waals surface area (Å²) in [7, 11) is 0. The Kier molecular flexibility index (Phi) is 10.5. The third-order valence-electron chi connectivity index (χ3n) is 6.60. The van der Waals surface area contributed by atoms with Crippen LogP contribution in [0, 0.1) is 13.8 Å². The summed E-state index contributed by atoms with van der Waals surface area (Å²) in [5, 5.41) is 2.98. The van der Waals surface area contributed by atoms with Crippen molar-refractivity contribution in [3.05, 3.63) is 59.2 Å². The SMILES string of the molecule is CCCCCCCCCCCC(=O)Nc1cccc([C@H]2SCC(=O)N2c2ccc(C)c(C)c2)c1. The molecule has 2 aromatic carbocycles. The van der Waals surface area contributed by atoms with Gasteiger partial charge in [-0.05, 0) is 61.2 Å². The van der Waals surface area contributed by atoms with Crippen LogP contribution in [-0.4, -0.2) is 17.6 Å². The Labute approximate surface area is 209 Å². The second-order valence-electron chi connectivity index (χ2n) is 9.45. The van der Waals surface area contributed by atoms with Crippen LogP contribution in [-0.2, 0) is 9.59 Å². The summed E-state index contributed by atoms with van der Waals surface area (Å²) in [6.45, 7) is 6.40. The molecule has 3 rings (SSSR count). The van der Waals surface area contributed by atoms with Crippen LogP contribution >= 0.6 is 11.8 Å². The molecule has 1 heterocycles. The van der Waals surface area contributed by atoms with Crippen molar-refractivity contribution < 1.29 is 9.59 Å². The molecule has 2 amide bonds. The van der Waals surface area contributed by atoms with E-state index in [9.17, 15) is 9.59 Å². The number of unbranched alkanes of at least 4 members (excludes halogenated alkanes) is 8. The summed E-state index contributed by atoms with van der Waals surface area (Å²) in [5.41, 5.74) is 5.17. The van der Waals surface area contributed by atoms with Crippen molar-refractivity contribution in [2.24, 2.45) is 0 Å². The van der Waals surface area contributed by atoms with E-state index in [0.29, 0.717) is 12.2 Å². The van der Waals surface area contributed by atoms with E-state index in [1.54, 1.807) is 11.8 Å². The maximum Gasteiger partial charge on any atom is 0.238 e. The van der Waals surface area contributed by atoms with Gasteiger partial charge in [0, 0.05) is 17.8 Å². The van der Waals surface area contributed by atoms with Crippen LogP contribution in [0.3, 0.4) is 0 Å². The van der Waals surface area contributed by atoms with E-state index in [1.165, 1.54) is 56.1 Å². The van der Waals surface area contributed by atoms with Gasteiger partial charge in [-0.15, -0.1) is 11.8 Å². The van der Waals surface area contributed by atoms with Crippen molar-refractivity contribution in [3.8, 4) is 0 Å². The Hall–Kier alpha value is -2.27. The Bertz CT molecular complexity index is 959. The highest BCUT2D eigenvalue weighted by Crippen LogP contribution is 2.42. The maximum atomic E-state index is 12.7. The van der Waals surface area contributed by atoms with Crippen LogP contribution in [0.1, 0.15) is 93.2 Å². The molecule has 1 atom stereocenters. The molecule has 0 aliphatic carbocycles. The lowest BCUT2D eigenvalue weighted by Crippen LogP contribution is -2.28. The molecule has 34 heavy (non-hydrogen) atoms. The molecule has 0 radical (unpaired) electrons. The minimum absolute atomic E-state index is 0.0706. The van der Waals surface area contributed by atoms with Gasteiger partial charge in [-0.25, -0.2) is 0 Å². The lowest BCUT2D eigenvalue weighted by atomic mass is 10.1. The lowest BCUT2D eigenvalue weighted by Gasteiger charge is -2.25. The summed E-state index contributed by atoms with van der Waals surface area (Å²) in [6.07, 6.45) is 11.8. The van der Waals surface area contributed by atoms with Crippen LogP contribution in [0.5, 0.6) is 0 Å².